The molecular formula is C23H25FN2O5. The second-order valence-corrected chi connectivity index (χ2v) is 7.95. The van der Waals surface area contributed by atoms with Gasteiger partial charge in [0.2, 0.25) is 12.7 Å². The van der Waals surface area contributed by atoms with Crippen LogP contribution < -0.4 is 9.47 Å². The zero-order chi connectivity index (χ0) is 22.0. The number of hydrogen-bond acceptors (Lipinski definition) is 5. The molecule has 7 nitrogen and oxygen atoms in total. The Morgan fingerprint density at radius 3 is 2.61 bits per heavy atom. The van der Waals surface area contributed by atoms with Crippen molar-refractivity contribution in [2.24, 2.45) is 0 Å². The van der Waals surface area contributed by atoms with Gasteiger partial charge in [-0.3, -0.25) is 9.59 Å². The minimum Gasteiger partial charge on any atom is -0.454 e. The number of hydrogen-bond donors (Lipinski definition) is 0. The number of benzene rings is 2. The standard InChI is InChI=1S/C23H25FN2O5/c1-15(2)26-11-19(29-13-16-3-6-18(24)7-4-16)10-25(12-22(26)27)23(28)17-5-8-20-21(9-17)31-14-30-20/h3-9,15,19H,10-14H2,1-2H3. The molecule has 1 atom stereocenters. The van der Waals surface area contributed by atoms with Gasteiger partial charge in [-0.15, -0.1) is 0 Å². The van der Waals surface area contributed by atoms with Crippen LogP contribution in [0, 0.1) is 5.82 Å². The summed E-state index contributed by atoms with van der Waals surface area (Å²) in [5, 5.41) is 0. The van der Waals surface area contributed by atoms with Gasteiger partial charge in [-0.2, -0.15) is 0 Å². The van der Waals surface area contributed by atoms with Crippen LogP contribution >= 0.6 is 0 Å². The zero-order valence-electron chi connectivity index (χ0n) is 17.5. The molecular weight excluding hydrogens is 403 g/mol. The molecule has 2 amide bonds. The molecule has 0 N–H and O–H groups in total. The van der Waals surface area contributed by atoms with E-state index in [1.807, 2.05) is 13.8 Å². The molecule has 1 fully saturated rings. The Hall–Kier alpha value is -3.13. The van der Waals surface area contributed by atoms with Gasteiger partial charge in [-0.05, 0) is 49.7 Å². The summed E-state index contributed by atoms with van der Waals surface area (Å²) in [6.07, 6.45) is -0.378. The molecule has 2 aromatic carbocycles. The van der Waals surface area contributed by atoms with Gasteiger partial charge in [0.15, 0.2) is 11.5 Å². The lowest BCUT2D eigenvalue weighted by Gasteiger charge is -2.27. The summed E-state index contributed by atoms with van der Waals surface area (Å²) >= 11 is 0. The topological polar surface area (TPSA) is 68.3 Å². The molecule has 2 aliphatic rings. The predicted molar refractivity (Wildman–Crippen MR) is 110 cm³/mol. The van der Waals surface area contributed by atoms with Gasteiger partial charge in [0.1, 0.15) is 12.4 Å². The summed E-state index contributed by atoms with van der Waals surface area (Å²) in [5.74, 6) is 0.398. The molecule has 0 spiro atoms. The number of amides is 2. The number of halogens is 1. The summed E-state index contributed by atoms with van der Waals surface area (Å²) in [5.41, 5.74) is 1.24. The molecule has 0 saturated carbocycles. The molecule has 2 aromatic rings. The van der Waals surface area contributed by atoms with Crippen molar-refractivity contribution in [2.75, 3.05) is 26.4 Å². The third-order valence-corrected chi connectivity index (χ3v) is 5.40. The first-order chi connectivity index (χ1) is 14.9. The second-order valence-electron chi connectivity index (χ2n) is 7.95. The van der Waals surface area contributed by atoms with Crippen molar-refractivity contribution >= 4 is 11.8 Å². The normalized spacial score (nSPS) is 18.5. The zero-order valence-corrected chi connectivity index (χ0v) is 17.5. The van der Waals surface area contributed by atoms with E-state index < -0.39 is 0 Å². The third-order valence-electron chi connectivity index (χ3n) is 5.40. The SMILES string of the molecule is CC(C)N1CC(OCc2ccc(F)cc2)CN(C(=O)c2ccc3c(c2)OCO3)CC1=O. The molecule has 0 radical (unpaired) electrons. The lowest BCUT2D eigenvalue weighted by Crippen LogP contribution is -2.42. The van der Waals surface area contributed by atoms with E-state index in [0.29, 0.717) is 23.6 Å². The maximum atomic E-state index is 13.2. The molecule has 164 valence electrons. The summed E-state index contributed by atoms with van der Waals surface area (Å²) < 4.78 is 29.9. The fraction of sp³-hybridized carbons (Fsp3) is 0.391. The molecule has 0 aromatic heterocycles. The molecule has 2 heterocycles. The highest BCUT2D eigenvalue weighted by Crippen LogP contribution is 2.33. The van der Waals surface area contributed by atoms with Gasteiger partial charge >= 0.3 is 0 Å². The molecule has 1 saturated heterocycles. The maximum absolute atomic E-state index is 13.2. The van der Waals surface area contributed by atoms with Crippen LogP contribution in [0.2, 0.25) is 0 Å². The number of carbonyl (C=O) groups is 2. The van der Waals surface area contributed by atoms with Crippen LogP contribution in [0.3, 0.4) is 0 Å². The summed E-state index contributed by atoms with van der Waals surface area (Å²) in [7, 11) is 0. The lowest BCUT2D eigenvalue weighted by molar-refractivity contribution is -0.133. The third kappa shape index (κ3) is 4.80. The number of fused-ring (bicyclic) bond motifs is 1. The molecule has 4 rings (SSSR count). The Balaban J connectivity index is 1.51. The molecule has 0 bridgehead atoms. The highest BCUT2D eigenvalue weighted by Gasteiger charge is 2.33. The molecule has 2 aliphatic heterocycles. The van der Waals surface area contributed by atoms with Gasteiger partial charge in [-0.25, -0.2) is 4.39 Å². The van der Waals surface area contributed by atoms with Gasteiger partial charge in [-0.1, -0.05) is 12.1 Å². The predicted octanol–water partition coefficient (Wildman–Crippen LogP) is 2.83. The van der Waals surface area contributed by atoms with Crippen molar-refractivity contribution < 1.29 is 28.2 Å². The highest BCUT2D eigenvalue weighted by molar-refractivity contribution is 5.97. The van der Waals surface area contributed by atoms with Crippen molar-refractivity contribution in [3.63, 3.8) is 0 Å². The minimum absolute atomic E-state index is 0.0231. The first-order valence-electron chi connectivity index (χ1n) is 10.2. The molecule has 8 heteroatoms. The Morgan fingerprint density at radius 1 is 1.13 bits per heavy atom. The van der Waals surface area contributed by atoms with E-state index in [-0.39, 0.29) is 56.3 Å². The van der Waals surface area contributed by atoms with Crippen molar-refractivity contribution in [1.29, 1.82) is 0 Å². The first kappa shape index (κ1) is 21.1. The highest BCUT2D eigenvalue weighted by atomic mass is 19.1. The van der Waals surface area contributed by atoms with Crippen LogP contribution in [0.15, 0.2) is 42.5 Å². The monoisotopic (exact) mass is 428 g/mol. The first-order valence-corrected chi connectivity index (χ1v) is 10.2. The van der Waals surface area contributed by atoms with Crippen molar-refractivity contribution in [3.05, 3.63) is 59.4 Å². The van der Waals surface area contributed by atoms with Crippen LogP contribution in [-0.2, 0) is 16.1 Å². The number of rotatable bonds is 5. The smallest absolute Gasteiger partial charge is 0.254 e. The lowest BCUT2D eigenvalue weighted by atomic mass is 10.1. The van der Waals surface area contributed by atoms with Crippen LogP contribution in [0.1, 0.15) is 29.8 Å². The molecule has 31 heavy (non-hydrogen) atoms. The molecule has 1 unspecified atom stereocenters. The van der Waals surface area contributed by atoms with Gasteiger partial charge in [0.25, 0.3) is 5.91 Å². The maximum Gasteiger partial charge on any atom is 0.254 e. The van der Waals surface area contributed by atoms with E-state index >= 15 is 0 Å². The van der Waals surface area contributed by atoms with Gasteiger partial charge in [0.05, 0.1) is 12.7 Å². The number of ether oxygens (including phenoxy) is 3. The average Bonchev–Trinajstić information content (AvgIpc) is 3.15. The van der Waals surface area contributed by atoms with Crippen LogP contribution in [0.5, 0.6) is 11.5 Å². The van der Waals surface area contributed by atoms with Crippen LogP contribution in [0.25, 0.3) is 0 Å². The van der Waals surface area contributed by atoms with E-state index in [9.17, 15) is 14.0 Å². The van der Waals surface area contributed by atoms with Gasteiger partial charge < -0.3 is 24.0 Å². The largest absolute Gasteiger partial charge is 0.454 e. The summed E-state index contributed by atoms with van der Waals surface area (Å²) in [6.45, 7) is 4.87. The Morgan fingerprint density at radius 2 is 1.87 bits per heavy atom. The van der Waals surface area contributed by atoms with Crippen LogP contribution in [-0.4, -0.2) is 60.2 Å². The average molecular weight is 428 g/mol. The van der Waals surface area contributed by atoms with Gasteiger partial charge in [0, 0.05) is 24.7 Å². The fourth-order valence-electron chi connectivity index (χ4n) is 3.71. The summed E-state index contributed by atoms with van der Waals surface area (Å²) in [6, 6.07) is 11.0. The van der Waals surface area contributed by atoms with Crippen molar-refractivity contribution in [3.8, 4) is 11.5 Å². The number of carbonyl (C=O) groups excluding carboxylic acids is 2. The molecule has 0 aliphatic carbocycles. The van der Waals surface area contributed by atoms with E-state index in [4.69, 9.17) is 14.2 Å². The Kier molecular flexibility index (Phi) is 6.08. The summed E-state index contributed by atoms with van der Waals surface area (Å²) in [4.78, 5) is 29.3. The van der Waals surface area contributed by atoms with E-state index in [0.717, 1.165) is 5.56 Å². The quantitative estimate of drug-likeness (QED) is 0.733. The fourth-order valence-corrected chi connectivity index (χ4v) is 3.71. The second kappa shape index (κ2) is 8.93. The Labute approximate surface area is 180 Å². The number of nitrogens with zero attached hydrogens (tertiary/aromatic N) is 2. The van der Waals surface area contributed by atoms with E-state index in [2.05, 4.69) is 0 Å². The van der Waals surface area contributed by atoms with Crippen molar-refractivity contribution in [1.82, 2.24) is 9.80 Å². The Bertz CT molecular complexity index is 963. The van der Waals surface area contributed by atoms with E-state index in [1.54, 1.807) is 35.2 Å². The van der Waals surface area contributed by atoms with Crippen LogP contribution in [0.4, 0.5) is 4.39 Å². The van der Waals surface area contributed by atoms with Crippen molar-refractivity contribution in [2.45, 2.75) is 32.6 Å². The van der Waals surface area contributed by atoms with E-state index in [1.165, 1.54) is 17.0 Å². The minimum atomic E-state index is -0.378.